The van der Waals surface area contributed by atoms with Crippen LogP contribution in [0, 0.1) is 6.92 Å². The van der Waals surface area contributed by atoms with E-state index in [-0.39, 0.29) is 6.04 Å². The van der Waals surface area contributed by atoms with Crippen molar-refractivity contribution >= 4 is 10.8 Å². The Bertz CT molecular complexity index is 362. The number of hydrogen-bond donors (Lipinski definition) is 1. The molecule has 1 aromatic carbocycles. The maximum Gasteiger partial charge on any atom is 0.0533 e. The molecule has 13 heavy (non-hydrogen) atoms. The third-order valence-electron chi connectivity index (χ3n) is 2.42. The normalized spacial score (nSPS) is 26.9. The molecule has 0 bridgehead atoms. The van der Waals surface area contributed by atoms with Crippen LogP contribution in [-0.2, 0) is 10.8 Å². The Kier molecular flexibility index (Phi) is 2.22. The molecule has 1 aliphatic heterocycles. The molecule has 0 aromatic heterocycles. The summed E-state index contributed by atoms with van der Waals surface area (Å²) in [7, 11) is -0.824. The average Bonchev–Trinajstić information content (AvgIpc) is 2.12. The fourth-order valence-electron chi connectivity index (χ4n) is 1.66. The first-order chi connectivity index (χ1) is 6.18. The van der Waals surface area contributed by atoms with Crippen LogP contribution in [0.25, 0.3) is 0 Å². The van der Waals surface area contributed by atoms with Gasteiger partial charge in [-0.25, -0.2) is 0 Å². The smallest absolute Gasteiger partial charge is 0.0533 e. The first-order valence-corrected chi connectivity index (χ1v) is 5.75. The average molecular weight is 195 g/mol. The molecule has 2 rings (SSSR count). The minimum Gasteiger partial charge on any atom is -0.324 e. The number of rotatable bonds is 0. The second-order valence-corrected chi connectivity index (χ2v) is 5.03. The van der Waals surface area contributed by atoms with Crippen molar-refractivity contribution in [2.24, 2.45) is 5.73 Å². The molecule has 2 N–H and O–H groups in total. The topological polar surface area (TPSA) is 43.1 Å². The highest BCUT2D eigenvalue weighted by Gasteiger charge is 2.21. The number of fused-ring (bicyclic) bond motifs is 1. The van der Waals surface area contributed by atoms with E-state index in [2.05, 4.69) is 6.07 Å². The molecule has 0 saturated carbocycles. The van der Waals surface area contributed by atoms with Crippen molar-refractivity contribution in [1.82, 2.24) is 0 Å². The van der Waals surface area contributed by atoms with E-state index in [0.717, 1.165) is 16.9 Å². The van der Waals surface area contributed by atoms with Gasteiger partial charge in [0.05, 0.1) is 10.8 Å². The van der Waals surface area contributed by atoms with Crippen LogP contribution in [-0.4, -0.2) is 9.96 Å². The van der Waals surface area contributed by atoms with Gasteiger partial charge in [0.25, 0.3) is 0 Å². The van der Waals surface area contributed by atoms with Gasteiger partial charge in [-0.3, -0.25) is 4.21 Å². The van der Waals surface area contributed by atoms with Gasteiger partial charge < -0.3 is 5.73 Å². The first-order valence-electron chi connectivity index (χ1n) is 4.43. The van der Waals surface area contributed by atoms with Crippen LogP contribution >= 0.6 is 0 Å². The summed E-state index contributed by atoms with van der Waals surface area (Å²) in [5.41, 5.74) is 8.20. The van der Waals surface area contributed by atoms with Gasteiger partial charge in [-0.05, 0) is 25.0 Å². The van der Waals surface area contributed by atoms with Crippen LogP contribution in [0.3, 0.4) is 0 Å². The van der Waals surface area contributed by atoms with E-state index >= 15 is 0 Å². The Morgan fingerprint density at radius 2 is 2.31 bits per heavy atom. The molecule has 0 saturated heterocycles. The highest BCUT2D eigenvalue weighted by atomic mass is 32.2. The molecule has 0 amide bonds. The zero-order chi connectivity index (χ0) is 9.42. The van der Waals surface area contributed by atoms with Crippen molar-refractivity contribution in [3.05, 3.63) is 29.3 Å². The molecule has 2 unspecified atom stereocenters. The molecule has 1 heterocycles. The fourth-order valence-corrected chi connectivity index (χ4v) is 3.05. The van der Waals surface area contributed by atoms with Gasteiger partial charge in [-0.1, -0.05) is 17.7 Å². The van der Waals surface area contributed by atoms with E-state index in [1.165, 1.54) is 5.56 Å². The Labute approximate surface area is 80.6 Å². The SMILES string of the molecule is Cc1ccc2c(c1)C(N)CCS2=O. The highest BCUT2D eigenvalue weighted by molar-refractivity contribution is 7.85. The summed E-state index contributed by atoms with van der Waals surface area (Å²) in [4.78, 5) is 0.935. The molecule has 0 spiro atoms. The predicted molar refractivity (Wildman–Crippen MR) is 54.0 cm³/mol. The maximum absolute atomic E-state index is 11.6. The first kappa shape index (κ1) is 8.91. The minimum atomic E-state index is -0.824. The molecule has 3 heteroatoms. The molecular weight excluding hydrogens is 182 g/mol. The molecule has 1 aromatic rings. The largest absolute Gasteiger partial charge is 0.324 e. The summed E-state index contributed by atoms with van der Waals surface area (Å²) in [5, 5.41) is 0. The lowest BCUT2D eigenvalue weighted by Crippen LogP contribution is -2.21. The quantitative estimate of drug-likeness (QED) is 0.682. The van der Waals surface area contributed by atoms with E-state index in [9.17, 15) is 4.21 Å². The molecular formula is C10H13NOS. The number of nitrogens with two attached hydrogens (primary N) is 1. The van der Waals surface area contributed by atoms with Gasteiger partial charge in [-0.2, -0.15) is 0 Å². The molecule has 1 aliphatic rings. The molecule has 2 atom stereocenters. The van der Waals surface area contributed by atoms with E-state index in [1.807, 2.05) is 19.1 Å². The van der Waals surface area contributed by atoms with Crippen molar-refractivity contribution in [1.29, 1.82) is 0 Å². The molecule has 0 aliphatic carbocycles. The van der Waals surface area contributed by atoms with Crippen molar-refractivity contribution in [2.75, 3.05) is 5.75 Å². The Hall–Kier alpha value is -0.670. The van der Waals surface area contributed by atoms with Gasteiger partial charge in [0.15, 0.2) is 0 Å². The second-order valence-electron chi connectivity index (χ2n) is 3.49. The summed E-state index contributed by atoms with van der Waals surface area (Å²) >= 11 is 0. The highest BCUT2D eigenvalue weighted by Crippen LogP contribution is 2.28. The summed E-state index contributed by atoms with van der Waals surface area (Å²) in [6.07, 6.45) is 0.836. The van der Waals surface area contributed by atoms with Crippen molar-refractivity contribution in [3.63, 3.8) is 0 Å². The van der Waals surface area contributed by atoms with E-state index in [1.54, 1.807) is 0 Å². The van der Waals surface area contributed by atoms with Gasteiger partial charge >= 0.3 is 0 Å². The molecule has 2 nitrogen and oxygen atoms in total. The zero-order valence-corrected chi connectivity index (χ0v) is 8.43. The van der Waals surface area contributed by atoms with Crippen LogP contribution in [0.2, 0.25) is 0 Å². The summed E-state index contributed by atoms with van der Waals surface area (Å²) in [6.45, 7) is 2.03. The van der Waals surface area contributed by atoms with Crippen LogP contribution in [0.5, 0.6) is 0 Å². The van der Waals surface area contributed by atoms with E-state index in [0.29, 0.717) is 5.75 Å². The summed E-state index contributed by atoms with van der Waals surface area (Å²) in [6, 6.07) is 6.07. The van der Waals surface area contributed by atoms with Gasteiger partial charge in [-0.15, -0.1) is 0 Å². The lowest BCUT2D eigenvalue weighted by molar-refractivity contribution is 0.637. The molecule has 0 fully saturated rings. The van der Waals surface area contributed by atoms with E-state index in [4.69, 9.17) is 5.73 Å². The monoisotopic (exact) mass is 195 g/mol. The fraction of sp³-hybridized carbons (Fsp3) is 0.400. The number of hydrogen-bond acceptors (Lipinski definition) is 2. The standard InChI is InChI=1S/C10H13NOS/c1-7-2-3-10-8(6-7)9(11)4-5-13(10)12/h2-3,6,9H,4-5,11H2,1H3. The minimum absolute atomic E-state index is 0.0765. The third kappa shape index (κ3) is 1.54. The lowest BCUT2D eigenvalue weighted by atomic mass is 10.0. The summed E-state index contributed by atoms with van der Waals surface area (Å²) in [5.74, 6) is 0.706. The van der Waals surface area contributed by atoms with Gasteiger partial charge in [0.2, 0.25) is 0 Å². The van der Waals surface area contributed by atoms with Crippen LogP contribution in [0.15, 0.2) is 23.1 Å². The number of aryl methyl sites for hydroxylation is 1. The Morgan fingerprint density at radius 1 is 1.54 bits per heavy atom. The van der Waals surface area contributed by atoms with Crippen LogP contribution in [0.1, 0.15) is 23.6 Å². The Morgan fingerprint density at radius 3 is 3.08 bits per heavy atom. The maximum atomic E-state index is 11.6. The lowest BCUT2D eigenvalue weighted by Gasteiger charge is -2.21. The van der Waals surface area contributed by atoms with Crippen molar-refractivity contribution in [3.8, 4) is 0 Å². The van der Waals surface area contributed by atoms with E-state index < -0.39 is 10.8 Å². The number of benzene rings is 1. The predicted octanol–water partition coefficient (Wildman–Crippen LogP) is 1.51. The van der Waals surface area contributed by atoms with Crippen LogP contribution in [0.4, 0.5) is 0 Å². The summed E-state index contributed by atoms with van der Waals surface area (Å²) < 4.78 is 11.6. The Balaban J connectivity index is 2.57. The van der Waals surface area contributed by atoms with Gasteiger partial charge in [0.1, 0.15) is 0 Å². The molecule has 70 valence electrons. The van der Waals surface area contributed by atoms with Crippen molar-refractivity contribution in [2.45, 2.75) is 24.3 Å². The zero-order valence-electron chi connectivity index (χ0n) is 7.62. The van der Waals surface area contributed by atoms with Crippen LogP contribution < -0.4 is 5.73 Å². The third-order valence-corrected chi connectivity index (χ3v) is 3.89. The second kappa shape index (κ2) is 3.24. The van der Waals surface area contributed by atoms with Gasteiger partial charge in [0, 0.05) is 16.7 Å². The molecule has 0 radical (unpaired) electrons. The van der Waals surface area contributed by atoms with Crippen molar-refractivity contribution < 1.29 is 4.21 Å².